The van der Waals surface area contributed by atoms with Crippen molar-refractivity contribution in [3.8, 4) is 0 Å². The summed E-state index contributed by atoms with van der Waals surface area (Å²) in [4.78, 5) is 22.2. The van der Waals surface area contributed by atoms with Gasteiger partial charge in [0.1, 0.15) is 6.54 Å². The number of methoxy groups -OCH3 is 1. The van der Waals surface area contributed by atoms with Gasteiger partial charge in [-0.3, -0.25) is 9.59 Å². The van der Waals surface area contributed by atoms with Gasteiger partial charge in [0, 0.05) is 6.42 Å². The molecule has 0 saturated carbocycles. The molecule has 17 heavy (non-hydrogen) atoms. The molecular formula is C13H23NO3. The lowest BCUT2D eigenvalue weighted by atomic mass is 10.0. The van der Waals surface area contributed by atoms with Gasteiger partial charge in [0.25, 0.3) is 0 Å². The van der Waals surface area contributed by atoms with Gasteiger partial charge in [-0.05, 0) is 32.6 Å². The van der Waals surface area contributed by atoms with Crippen LogP contribution in [-0.4, -0.2) is 25.5 Å². The molecule has 0 aromatic carbocycles. The van der Waals surface area contributed by atoms with Crippen molar-refractivity contribution in [3.05, 3.63) is 11.6 Å². The average Bonchev–Trinajstić information content (AvgIpc) is 2.25. The van der Waals surface area contributed by atoms with Gasteiger partial charge < -0.3 is 10.1 Å². The van der Waals surface area contributed by atoms with Crippen LogP contribution in [0.15, 0.2) is 11.6 Å². The molecule has 0 aromatic heterocycles. The first-order chi connectivity index (χ1) is 7.95. The van der Waals surface area contributed by atoms with Crippen molar-refractivity contribution in [3.63, 3.8) is 0 Å². The van der Waals surface area contributed by atoms with Crippen molar-refractivity contribution in [2.75, 3.05) is 13.7 Å². The van der Waals surface area contributed by atoms with Gasteiger partial charge in [-0.2, -0.15) is 0 Å². The van der Waals surface area contributed by atoms with Gasteiger partial charge in [0.2, 0.25) is 5.91 Å². The van der Waals surface area contributed by atoms with Crippen molar-refractivity contribution in [2.24, 2.45) is 5.92 Å². The van der Waals surface area contributed by atoms with E-state index in [2.05, 4.69) is 30.0 Å². The Kier molecular flexibility index (Phi) is 8.11. The van der Waals surface area contributed by atoms with Gasteiger partial charge >= 0.3 is 5.97 Å². The molecule has 0 saturated heterocycles. The van der Waals surface area contributed by atoms with Gasteiger partial charge in [-0.1, -0.05) is 18.6 Å². The van der Waals surface area contributed by atoms with Crippen molar-refractivity contribution in [2.45, 2.75) is 40.0 Å². The molecule has 0 rings (SSSR count). The van der Waals surface area contributed by atoms with E-state index in [1.807, 2.05) is 6.92 Å². The molecule has 0 bridgehead atoms. The minimum absolute atomic E-state index is 0.0456. The van der Waals surface area contributed by atoms with E-state index in [1.54, 1.807) is 0 Å². The van der Waals surface area contributed by atoms with Crippen LogP contribution in [0.5, 0.6) is 0 Å². The second-order valence-electron chi connectivity index (χ2n) is 4.52. The highest BCUT2D eigenvalue weighted by atomic mass is 16.5. The zero-order valence-electron chi connectivity index (χ0n) is 11.2. The summed E-state index contributed by atoms with van der Waals surface area (Å²) in [6.07, 6.45) is 4.60. The summed E-state index contributed by atoms with van der Waals surface area (Å²) < 4.78 is 4.44. The minimum Gasteiger partial charge on any atom is -0.468 e. The maximum atomic E-state index is 11.4. The van der Waals surface area contributed by atoms with Crippen molar-refractivity contribution in [1.29, 1.82) is 0 Å². The fourth-order valence-corrected chi connectivity index (χ4v) is 1.39. The van der Waals surface area contributed by atoms with Gasteiger partial charge in [-0.15, -0.1) is 0 Å². The Hall–Kier alpha value is -1.32. The molecule has 0 aliphatic carbocycles. The summed E-state index contributed by atoms with van der Waals surface area (Å²) in [5, 5.41) is 2.53. The largest absolute Gasteiger partial charge is 0.468 e. The van der Waals surface area contributed by atoms with E-state index in [9.17, 15) is 9.59 Å². The van der Waals surface area contributed by atoms with Crippen LogP contribution < -0.4 is 5.32 Å². The zero-order valence-corrected chi connectivity index (χ0v) is 11.2. The third kappa shape index (κ3) is 9.60. The fourth-order valence-electron chi connectivity index (χ4n) is 1.39. The van der Waals surface area contributed by atoms with E-state index in [4.69, 9.17) is 0 Å². The molecule has 0 radical (unpaired) electrons. The van der Waals surface area contributed by atoms with Gasteiger partial charge in [0.15, 0.2) is 0 Å². The fraction of sp³-hybridized carbons (Fsp3) is 0.692. The normalized spacial score (nSPS) is 11.5. The molecule has 1 atom stereocenters. The number of nitrogens with one attached hydrogen (secondary N) is 1. The summed E-state index contributed by atoms with van der Waals surface area (Å²) in [6, 6.07) is 0. The molecule has 0 aromatic rings. The topological polar surface area (TPSA) is 55.4 Å². The van der Waals surface area contributed by atoms with E-state index in [1.165, 1.54) is 12.7 Å². The number of carbonyl (C=O) groups is 2. The van der Waals surface area contributed by atoms with Crippen LogP contribution in [0.25, 0.3) is 0 Å². The summed E-state index contributed by atoms with van der Waals surface area (Å²) in [5.41, 5.74) is 1.30. The van der Waals surface area contributed by atoms with Gasteiger partial charge in [0.05, 0.1) is 7.11 Å². The lowest BCUT2D eigenvalue weighted by molar-refractivity contribution is -0.141. The van der Waals surface area contributed by atoms with E-state index >= 15 is 0 Å². The summed E-state index contributed by atoms with van der Waals surface area (Å²) in [6.45, 7) is 6.12. The Morgan fingerprint density at radius 2 is 2.00 bits per heavy atom. The number of hydrogen-bond acceptors (Lipinski definition) is 3. The number of ether oxygens (including phenoxy) is 1. The first-order valence-electron chi connectivity index (χ1n) is 5.92. The molecule has 1 N–H and O–H groups in total. The minimum atomic E-state index is -0.421. The standard InChI is InChI=1S/C13H23NO3/c1-10(2)6-5-7-11(3)8-12(15)14-9-13(16)17-4/h6,11H,5,7-9H2,1-4H3,(H,14,15). The van der Waals surface area contributed by atoms with Crippen LogP contribution in [0.1, 0.15) is 40.0 Å². The first kappa shape index (κ1) is 15.7. The summed E-state index contributed by atoms with van der Waals surface area (Å²) in [5.74, 6) is -0.195. The van der Waals surface area contributed by atoms with E-state index in [-0.39, 0.29) is 12.5 Å². The van der Waals surface area contributed by atoms with E-state index in [0.717, 1.165) is 12.8 Å². The molecule has 4 nitrogen and oxygen atoms in total. The second-order valence-corrected chi connectivity index (χ2v) is 4.52. The van der Waals surface area contributed by atoms with Crippen molar-refractivity contribution >= 4 is 11.9 Å². The number of rotatable bonds is 7. The Morgan fingerprint density at radius 3 is 2.53 bits per heavy atom. The molecule has 1 unspecified atom stereocenters. The van der Waals surface area contributed by atoms with Crippen LogP contribution in [0.3, 0.4) is 0 Å². The Morgan fingerprint density at radius 1 is 1.35 bits per heavy atom. The molecule has 4 heteroatoms. The number of allylic oxidation sites excluding steroid dienone is 2. The van der Waals surface area contributed by atoms with Crippen LogP contribution in [0, 0.1) is 5.92 Å². The predicted octanol–water partition coefficient (Wildman–Crippen LogP) is 2.05. The Bertz CT molecular complexity index is 280. The quantitative estimate of drug-likeness (QED) is 0.548. The molecule has 1 amide bonds. The average molecular weight is 241 g/mol. The molecular weight excluding hydrogens is 218 g/mol. The van der Waals surface area contributed by atoms with Crippen molar-refractivity contribution < 1.29 is 14.3 Å². The highest BCUT2D eigenvalue weighted by Crippen LogP contribution is 2.11. The molecule has 98 valence electrons. The highest BCUT2D eigenvalue weighted by Gasteiger charge is 2.09. The Balaban J connectivity index is 3.73. The van der Waals surface area contributed by atoms with Crippen molar-refractivity contribution in [1.82, 2.24) is 5.32 Å². The SMILES string of the molecule is COC(=O)CNC(=O)CC(C)CCC=C(C)C. The zero-order chi connectivity index (χ0) is 13.3. The lowest BCUT2D eigenvalue weighted by Crippen LogP contribution is -2.31. The van der Waals surface area contributed by atoms with Crippen LogP contribution in [-0.2, 0) is 14.3 Å². The number of amides is 1. The third-order valence-corrected chi connectivity index (χ3v) is 2.40. The lowest BCUT2D eigenvalue weighted by Gasteiger charge is -2.10. The number of hydrogen-bond donors (Lipinski definition) is 1. The van der Waals surface area contributed by atoms with E-state index < -0.39 is 5.97 Å². The molecule has 0 aliphatic heterocycles. The smallest absolute Gasteiger partial charge is 0.325 e. The predicted molar refractivity (Wildman–Crippen MR) is 67.5 cm³/mol. The van der Waals surface area contributed by atoms with E-state index in [0.29, 0.717) is 12.3 Å². The second kappa shape index (κ2) is 8.79. The highest BCUT2D eigenvalue weighted by molar-refractivity contribution is 5.81. The maximum Gasteiger partial charge on any atom is 0.325 e. The maximum absolute atomic E-state index is 11.4. The molecule has 0 heterocycles. The first-order valence-corrected chi connectivity index (χ1v) is 5.92. The molecule has 0 aliphatic rings. The van der Waals surface area contributed by atoms with Crippen LogP contribution >= 0.6 is 0 Å². The summed E-state index contributed by atoms with van der Waals surface area (Å²) >= 11 is 0. The molecule has 0 fully saturated rings. The molecule has 0 spiro atoms. The van der Waals surface area contributed by atoms with Gasteiger partial charge in [-0.25, -0.2) is 0 Å². The third-order valence-electron chi connectivity index (χ3n) is 2.40. The Labute approximate surface area is 103 Å². The number of carbonyl (C=O) groups excluding carboxylic acids is 2. The van der Waals surface area contributed by atoms with Crippen LogP contribution in [0.4, 0.5) is 0 Å². The summed E-state index contributed by atoms with van der Waals surface area (Å²) in [7, 11) is 1.30. The number of esters is 1. The van der Waals surface area contributed by atoms with Crippen LogP contribution in [0.2, 0.25) is 0 Å². The monoisotopic (exact) mass is 241 g/mol.